The first kappa shape index (κ1) is 18.8. The van der Waals surface area contributed by atoms with Gasteiger partial charge in [-0.05, 0) is 35.6 Å². The molecule has 3 aromatic rings. The van der Waals surface area contributed by atoms with Crippen LogP contribution in [0.2, 0.25) is 0 Å². The fraction of sp³-hybridized carbons (Fsp3) is 0.318. The van der Waals surface area contributed by atoms with Crippen molar-refractivity contribution in [1.82, 2.24) is 14.9 Å². The van der Waals surface area contributed by atoms with Crippen molar-refractivity contribution in [2.75, 3.05) is 0 Å². The molecule has 0 aliphatic heterocycles. The molecule has 1 amide bonds. The van der Waals surface area contributed by atoms with Crippen LogP contribution < -0.4 is 10.9 Å². The molecular weight excluding hydrogens is 338 g/mol. The van der Waals surface area contributed by atoms with Crippen molar-refractivity contribution in [3.63, 3.8) is 0 Å². The number of rotatable bonds is 6. The first-order valence-corrected chi connectivity index (χ1v) is 9.32. The molecule has 27 heavy (non-hydrogen) atoms. The lowest BCUT2D eigenvalue weighted by Crippen LogP contribution is -2.36. The van der Waals surface area contributed by atoms with Crippen LogP contribution in [0.15, 0.2) is 59.5 Å². The van der Waals surface area contributed by atoms with Gasteiger partial charge in [0.1, 0.15) is 6.54 Å². The number of benzene rings is 2. The second-order valence-electron chi connectivity index (χ2n) is 7.06. The molecule has 0 aliphatic carbocycles. The van der Waals surface area contributed by atoms with E-state index in [-0.39, 0.29) is 30.0 Å². The standard InChI is InChI=1S/C22H25N3O2/c1-4-16-9-11-17(12-10-16)22(15(2)3)24-20(26)14-25-19-8-6-5-7-18(19)23-13-21(25)27/h5-13,15,22H,4,14H2,1-3H3,(H,24,26). The summed E-state index contributed by atoms with van der Waals surface area (Å²) in [5.74, 6) is 0.0408. The number of aromatic nitrogens is 2. The fourth-order valence-electron chi connectivity index (χ4n) is 3.24. The van der Waals surface area contributed by atoms with Gasteiger partial charge in [0, 0.05) is 0 Å². The molecule has 0 radical (unpaired) electrons. The topological polar surface area (TPSA) is 64.0 Å². The largest absolute Gasteiger partial charge is 0.347 e. The molecule has 140 valence electrons. The molecular formula is C22H25N3O2. The minimum absolute atomic E-state index is 0.0296. The molecule has 5 nitrogen and oxygen atoms in total. The summed E-state index contributed by atoms with van der Waals surface area (Å²) < 4.78 is 1.47. The number of carbonyl (C=O) groups excluding carboxylic acids is 1. The number of hydrogen-bond acceptors (Lipinski definition) is 3. The molecule has 0 spiro atoms. The zero-order valence-electron chi connectivity index (χ0n) is 16.0. The second-order valence-corrected chi connectivity index (χ2v) is 7.06. The van der Waals surface area contributed by atoms with Crippen LogP contribution in [0.25, 0.3) is 11.0 Å². The van der Waals surface area contributed by atoms with E-state index in [1.54, 1.807) is 6.07 Å². The maximum atomic E-state index is 12.7. The lowest BCUT2D eigenvalue weighted by molar-refractivity contribution is -0.122. The van der Waals surface area contributed by atoms with E-state index in [1.807, 2.05) is 18.2 Å². The third-order valence-corrected chi connectivity index (χ3v) is 4.78. The van der Waals surface area contributed by atoms with Crippen molar-refractivity contribution in [3.8, 4) is 0 Å². The molecule has 0 saturated heterocycles. The Labute approximate surface area is 159 Å². The first-order chi connectivity index (χ1) is 13.0. The SMILES string of the molecule is CCc1ccc(C(NC(=O)Cn2c(=O)cnc3ccccc32)C(C)C)cc1. The van der Waals surface area contributed by atoms with E-state index in [9.17, 15) is 9.59 Å². The lowest BCUT2D eigenvalue weighted by Gasteiger charge is -2.23. The average Bonchev–Trinajstić information content (AvgIpc) is 2.68. The van der Waals surface area contributed by atoms with Crippen LogP contribution in [0.1, 0.15) is 37.9 Å². The number of fused-ring (bicyclic) bond motifs is 1. The highest BCUT2D eigenvalue weighted by molar-refractivity contribution is 5.80. The van der Waals surface area contributed by atoms with Gasteiger partial charge in [0.15, 0.2) is 0 Å². The van der Waals surface area contributed by atoms with Gasteiger partial charge in [-0.2, -0.15) is 0 Å². The maximum Gasteiger partial charge on any atom is 0.269 e. The highest BCUT2D eigenvalue weighted by Gasteiger charge is 2.19. The number of nitrogens with zero attached hydrogens (tertiary/aromatic N) is 2. The van der Waals surface area contributed by atoms with Gasteiger partial charge < -0.3 is 5.32 Å². The van der Waals surface area contributed by atoms with Crippen LogP contribution in [0.5, 0.6) is 0 Å². The van der Waals surface area contributed by atoms with E-state index in [0.29, 0.717) is 11.0 Å². The molecule has 0 fully saturated rings. The van der Waals surface area contributed by atoms with Crippen molar-refractivity contribution >= 4 is 16.9 Å². The minimum atomic E-state index is -0.280. The predicted molar refractivity (Wildman–Crippen MR) is 108 cm³/mol. The molecule has 1 N–H and O–H groups in total. The van der Waals surface area contributed by atoms with Gasteiger partial charge in [0.2, 0.25) is 5.91 Å². The molecule has 1 heterocycles. The van der Waals surface area contributed by atoms with E-state index in [0.717, 1.165) is 12.0 Å². The summed E-state index contributed by atoms with van der Waals surface area (Å²) in [7, 11) is 0. The van der Waals surface area contributed by atoms with Gasteiger partial charge >= 0.3 is 0 Å². The Morgan fingerprint density at radius 2 is 1.81 bits per heavy atom. The third-order valence-electron chi connectivity index (χ3n) is 4.78. The summed E-state index contributed by atoms with van der Waals surface area (Å²) >= 11 is 0. The Hall–Kier alpha value is -2.95. The molecule has 3 rings (SSSR count). The fourth-order valence-corrected chi connectivity index (χ4v) is 3.24. The van der Waals surface area contributed by atoms with Crippen LogP contribution in [0.3, 0.4) is 0 Å². The number of carbonyl (C=O) groups is 1. The van der Waals surface area contributed by atoms with Crippen molar-refractivity contribution in [1.29, 1.82) is 0 Å². The van der Waals surface area contributed by atoms with Crippen molar-refractivity contribution in [3.05, 3.63) is 76.2 Å². The Morgan fingerprint density at radius 1 is 1.11 bits per heavy atom. The van der Waals surface area contributed by atoms with E-state index in [2.05, 4.69) is 55.3 Å². The van der Waals surface area contributed by atoms with E-state index in [1.165, 1.54) is 16.3 Å². The molecule has 0 bridgehead atoms. The Kier molecular flexibility index (Phi) is 5.69. The average molecular weight is 363 g/mol. The zero-order chi connectivity index (χ0) is 19.4. The Balaban J connectivity index is 1.83. The van der Waals surface area contributed by atoms with Crippen LogP contribution in [-0.2, 0) is 17.8 Å². The van der Waals surface area contributed by atoms with Crippen LogP contribution in [-0.4, -0.2) is 15.5 Å². The molecule has 5 heteroatoms. The van der Waals surface area contributed by atoms with Gasteiger partial charge in [-0.1, -0.05) is 57.2 Å². The van der Waals surface area contributed by atoms with Gasteiger partial charge in [0.25, 0.3) is 5.56 Å². The molecule has 0 aliphatic rings. The van der Waals surface area contributed by atoms with Gasteiger partial charge in [-0.25, -0.2) is 4.98 Å². The summed E-state index contributed by atoms with van der Waals surface area (Å²) in [5.41, 5.74) is 3.41. The molecule has 1 atom stereocenters. The quantitative estimate of drug-likeness (QED) is 0.729. The summed E-state index contributed by atoms with van der Waals surface area (Å²) in [6.07, 6.45) is 2.25. The summed E-state index contributed by atoms with van der Waals surface area (Å²) in [4.78, 5) is 29.1. The van der Waals surface area contributed by atoms with Crippen molar-refractivity contribution in [2.24, 2.45) is 5.92 Å². The molecule has 1 unspecified atom stereocenters. The number of amides is 1. The Morgan fingerprint density at radius 3 is 2.48 bits per heavy atom. The highest BCUT2D eigenvalue weighted by Crippen LogP contribution is 2.22. The smallest absolute Gasteiger partial charge is 0.269 e. The monoisotopic (exact) mass is 363 g/mol. The second kappa shape index (κ2) is 8.16. The van der Waals surface area contributed by atoms with E-state index >= 15 is 0 Å². The molecule has 0 saturated carbocycles. The number of aryl methyl sites for hydroxylation is 1. The van der Waals surface area contributed by atoms with Crippen molar-refractivity contribution < 1.29 is 4.79 Å². The minimum Gasteiger partial charge on any atom is -0.347 e. The van der Waals surface area contributed by atoms with E-state index in [4.69, 9.17) is 0 Å². The highest BCUT2D eigenvalue weighted by atomic mass is 16.2. The third kappa shape index (κ3) is 4.25. The van der Waals surface area contributed by atoms with Gasteiger partial charge in [-0.3, -0.25) is 14.2 Å². The lowest BCUT2D eigenvalue weighted by atomic mass is 9.95. The van der Waals surface area contributed by atoms with Crippen LogP contribution in [0, 0.1) is 5.92 Å². The number of nitrogens with one attached hydrogen (secondary N) is 1. The summed E-state index contributed by atoms with van der Waals surface area (Å²) in [6.45, 7) is 6.24. The van der Waals surface area contributed by atoms with Crippen LogP contribution >= 0.6 is 0 Å². The summed E-state index contributed by atoms with van der Waals surface area (Å²) in [6, 6.07) is 15.6. The van der Waals surface area contributed by atoms with Crippen molar-refractivity contribution in [2.45, 2.75) is 39.8 Å². The van der Waals surface area contributed by atoms with E-state index < -0.39 is 0 Å². The zero-order valence-corrected chi connectivity index (χ0v) is 16.0. The van der Waals surface area contributed by atoms with Crippen LogP contribution in [0.4, 0.5) is 0 Å². The maximum absolute atomic E-state index is 12.7. The van der Waals surface area contributed by atoms with Gasteiger partial charge in [-0.15, -0.1) is 0 Å². The molecule has 2 aromatic carbocycles. The normalized spacial score (nSPS) is 12.3. The predicted octanol–water partition coefficient (Wildman–Crippen LogP) is 3.47. The number of para-hydroxylation sites is 2. The molecule has 1 aromatic heterocycles. The Bertz CT molecular complexity index is 990. The number of hydrogen-bond donors (Lipinski definition) is 1. The first-order valence-electron chi connectivity index (χ1n) is 9.32. The van der Waals surface area contributed by atoms with Gasteiger partial charge in [0.05, 0.1) is 23.3 Å². The summed E-state index contributed by atoms with van der Waals surface area (Å²) in [5, 5.41) is 3.09.